The van der Waals surface area contributed by atoms with E-state index in [1.165, 1.54) is 12.8 Å². The first-order chi connectivity index (χ1) is 10.2. The third kappa shape index (κ3) is 7.58. The van der Waals surface area contributed by atoms with Gasteiger partial charge < -0.3 is 15.4 Å². The number of carbonyl (C=O) groups excluding carboxylic acids is 1. The number of alkyl carbamates (subject to hydrolysis) is 1. The second kappa shape index (κ2) is 8.87. The van der Waals surface area contributed by atoms with Crippen LogP contribution in [0.15, 0.2) is 0 Å². The summed E-state index contributed by atoms with van der Waals surface area (Å²) in [4.78, 5) is 11.8. The quantitative estimate of drug-likeness (QED) is 0.784. The highest BCUT2D eigenvalue weighted by atomic mass is 32.2. The van der Waals surface area contributed by atoms with E-state index < -0.39 is 16.4 Å². The lowest BCUT2D eigenvalue weighted by atomic mass is 9.84. The second-order valence-electron chi connectivity index (χ2n) is 7.25. The highest BCUT2D eigenvalue weighted by Crippen LogP contribution is 2.24. The third-order valence-electron chi connectivity index (χ3n) is 4.05. The van der Waals surface area contributed by atoms with E-state index in [1.807, 2.05) is 27.7 Å². The lowest BCUT2D eigenvalue weighted by molar-refractivity contribution is 0.0510. The highest BCUT2D eigenvalue weighted by Gasteiger charge is 2.26. The van der Waals surface area contributed by atoms with Crippen LogP contribution in [0, 0.1) is 5.92 Å². The molecule has 22 heavy (non-hydrogen) atoms. The second-order valence-corrected chi connectivity index (χ2v) is 9.05. The maximum atomic E-state index is 11.8. The summed E-state index contributed by atoms with van der Waals surface area (Å²) in [5.74, 6) is 0.416. The first-order valence-electron chi connectivity index (χ1n) is 8.21. The Bertz CT molecular complexity index is 382. The number of nitrogens with one attached hydrogen (secondary N) is 2. The predicted octanol–water partition coefficient (Wildman–Crippen LogP) is 2.43. The molecule has 4 atom stereocenters. The molecule has 0 heterocycles. The Morgan fingerprint density at radius 1 is 1.32 bits per heavy atom. The standard InChI is InChI=1S/C16H32N2O3S/c1-12(22(5)20)10-17-14-9-7-6-8-13(14)11-18-15(19)21-16(2,3)4/h12-14,17H,6-11H2,1-5H3,(H,18,19). The van der Waals surface area contributed by atoms with Crippen LogP contribution in [-0.2, 0) is 15.5 Å². The van der Waals surface area contributed by atoms with Crippen molar-refractivity contribution < 1.29 is 13.7 Å². The van der Waals surface area contributed by atoms with Gasteiger partial charge in [0.1, 0.15) is 5.60 Å². The van der Waals surface area contributed by atoms with E-state index >= 15 is 0 Å². The Kier molecular flexibility index (Phi) is 7.83. The molecule has 0 saturated heterocycles. The summed E-state index contributed by atoms with van der Waals surface area (Å²) >= 11 is 0. The van der Waals surface area contributed by atoms with Gasteiger partial charge in [-0.2, -0.15) is 0 Å². The maximum absolute atomic E-state index is 11.8. The maximum Gasteiger partial charge on any atom is 0.407 e. The van der Waals surface area contributed by atoms with Crippen molar-refractivity contribution in [3.8, 4) is 0 Å². The summed E-state index contributed by atoms with van der Waals surface area (Å²) in [6.07, 6.45) is 6.04. The van der Waals surface area contributed by atoms with Gasteiger partial charge in [0.15, 0.2) is 0 Å². The fourth-order valence-corrected chi connectivity index (χ4v) is 3.01. The normalized spacial score (nSPS) is 25.3. The summed E-state index contributed by atoms with van der Waals surface area (Å²) in [5, 5.41) is 6.58. The summed E-state index contributed by atoms with van der Waals surface area (Å²) in [6, 6.07) is 0.384. The van der Waals surface area contributed by atoms with Crippen molar-refractivity contribution in [1.29, 1.82) is 0 Å². The largest absolute Gasteiger partial charge is 0.444 e. The number of hydrogen-bond acceptors (Lipinski definition) is 4. The van der Waals surface area contributed by atoms with Crippen molar-refractivity contribution in [2.24, 2.45) is 5.92 Å². The van der Waals surface area contributed by atoms with Gasteiger partial charge in [-0.05, 0) is 46.5 Å². The average Bonchev–Trinajstić information content (AvgIpc) is 2.41. The topological polar surface area (TPSA) is 67.4 Å². The molecule has 1 fully saturated rings. The minimum atomic E-state index is -0.801. The van der Waals surface area contributed by atoms with E-state index in [1.54, 1.807) is 6.26 Å². The van der Waals surface area contributed by atoms with Crippen LogP contribution in [0.5, 0.6) is 0 Å². The Balaban J connectivity index is 2.41. The van der Waals surface area contributed by atoms with E-state index in [0.717, 1.165) is 19.4 Å². The Morgan fingerprint density at radius 2 is 1.95 bits per heavy atom. The van der Waals surface area contributed by atoms with Gasteiger partial charge in [0, 0.05) is 41.4 Å². The highest BCUT2D eigenvalue weighted by molar-refractivity contribution is 7.84. The molecule has 0 bridgehead atoms. The van der Waals surface area contributed by atoms with Crippen LogP contribution < -0.4 is 10.6 Å². The molecule has 2 N–H and O–H groups in total. The number of ether oxygens (including phenoxy) is 1. The molecule has 4 unspecified atom stereocenters. The molecule has 1 rings (SSSR count). The lowest BCUT2D eigenvalue weighted by Gasteiger charge is -2.33. The molecule has 0 aromatic heterocycles. The molecule has 1 saturated carbocycles. The van der Waals surface area contributed by atoms with Crippen molar-refractivity contribution in [3.63, 3.8) is 0 Å². The van der Waals surface area contributed by atoms with Gasteiger partial charge in [0.25, 0.3) is 0 Å². The van der Waals surface area contributed by atoms with Crippen molar-refractivity contribution in [2.45, 2.75) is 70.3 Å². The van der Waals surface area contributed by atoms with E-state index in [9.17, 15) is 9.00 Å². The smallest absolute Gasteiger partial charge is 0.407 e. The molecular formula is C16H32N2O3S. The zero-order valence-corrected chi connectivity index (χ0v) is 15.4. The molecule has 0 aromatic carbocycles. The van der Waals surface area contributed by atoms with Gasteiger partial charge in [-0.3, -0.25) is 4.21 Å². The van der Waals surface area contributed by atoms with Crippen LogP contribution >= 0.6 is 0 Å². The summed E-state index contributed by atoms with van der Waals surface area (Å²) < 4.78 is 16.7. The van der Waals surface area contributed by atoms with E-state index in [4.69, 9.17) is 4.74 Å². The van der Waals surface area contributed by atoms with Crippen LogP contribution in [0.25, 0.3) is 0 Å². The van der Waals surface area contributed by atoms with Gasteiger partial charge >= 0.3 is 6.09 Å². The fraction of sp³-hybridized carbons (Fsp3) is 0.938. The first kappa shape index (κ1) is 19.4. The van der Waals surface area contributed by atoms with Crippen LogP contribution in [0.2, 0.25) is 0 Å². The number of rotatable bonds is 6. The number of hydrogen-bond donors (Lipinski definition) is 2. The molecule has 1 aliphatic carbocycles. The summed E-state index contributed by atoms with van der Waals surface area (Å²) in [7, 11) is -0.801. The Morgan fingerprint density at radius 3 is 2.55 bits per heavy atom. The van der Waals surface area contributed by atoms with E-state index in [2.05, 4.69) is 10.6 Å². The van der Waals surface area contributed by atoms with Crippen molar-refractivity contribution in [1.82, 2.24) is 10.6 Å². The molecule has 0 spiro atoms. The summed E-state index contributed by atoms with van der Waals surface area (Å²) in [5.41, 5.74) is -0.463. The van der Waals surface area contributed by atoms with Crippen molar-refractivity contribution in [3.05, 3.63) is 0 Å². The van der Waals surface area contributed by atoms with Gasteiger partial charge in [0.2, 0.25) is 0 Å². The third-order valence-corrected chi connectivity index (χ3v) is 5.35. The fourth-order valence-electron chi connectivity index (χ4n) is 2.68. The minimum Gasteiger partial charge on any atom is -0.444 e. The molecule has 0 aromatic rings. The molecular weight excluding hydrogens is 300 g/mol. The van der Waals surface area contributed by atoms with E-state index in [0.29, 0.717) is 18.5 Å². The first-order valence-corrected chi connectivity index (χ1v) is 9.83. The van der Waals surface area contributed by atoms with Gasteiger partial charge in [0.05, 0.1) is 0 Å². The Labute approximate surface area is 137 Å². The van der Waals surface area contributed by atoms with Gasteiger partial charge in [-0.15, -0.1) is 0 Å². The lowest BCUT2D eigenvalue weighted by Crippen LogP contribution is -2.47. The van der Waals surface area contributed by atoms with Crippen LogP contribution in [0.1, 0.15) is 53.4 Å². The molecule has 1 amide bonds. The van der Waals surface area contributed by atoms with Crippen LogP contribution in [-0.4, -0.2) is 46.5 Å². The average molecular weight is 333 g/mol. The predicted molar refractivity (Wildman–Crippen MR) is 91.5 cm³/mol. The SMILES string of the molecule is CC(CNC1CCCCC1CNC(=O)OC(C)(C)C)S(C)=O. The number of carbonyl (C=O) groups is 1. The van der Waals surface area contributed by atoms with Crippen molar-refractivity contribution >= 4 is 16.9 Å². The molecule has 130 valence electrons. The monoisotopic (exact) mass is 332 g/mol. The Hall–Kier alpha value is -0.620. The van der Waals surface area contributed by atoms with Gasteiger partial charge in [-0.25, -0.2) is 4.79 Å². The van der Waals surface area contributed by atoms with Crippen molar-refractivity contribution in [2.75, 3.05) is 19.3 Å². The zero-order valence-electron chi connectivity index (χ0n) is 14.6. The zero-order chi connectivity index (χ0) is 16.8. The minimum absolute atomic E-state index is 0.154. The molecule has 5 nitrogen and oxygen atoms in total. The molecule has 0 aliphatic heterocycles. The molecule has 6 heteroatoms. The van der Waals surface area contributed by atoms with Crippen LogP contribution in [0.4, 0.5) is 4.79 Å². The molecule has 0 radical (unpaired) electrons. The van der Waals surface area contributed by atoms with Crippen LogP contribution in [0.3, 0.4) is 0 Å². The summed E-state index contributed by atoms with van der Waals surface area (Å²) in [6.45, 7) is 8.99. The van der Waals surface area contributed by atoms with Gasteiger partial charge in [-0.1, -0.05) is 12.8 Å². The van der Waals surface area contributed by atoms with E-state index in [-0.39, 0.29) is 11.3 Å². The molecule has 1 aliphatic rings. The number of amides is 1.